The molecule has 1 atom stereocenters. The van der Waals surface area contributed by atoms with Gasteiger partial charge in [-0.3, -0.25) is 9.59 Å². The lowest BCUT2D eigenvalue weighted by Crippen LogP contribution is -2.48. The van der Waals surface area contributed by atoms with Gasteiger partial charge in [0.05, 0.1) is 4.90 Å². The first kappa shape index (κ1) is 47.6. The lowest BCUT2D eigenvalue weighted by Gasteiger charge is -2.33. The molecule has 344 valence electrons. The zero-order valence-electron chi connectivity index (χ0n) is 37.7. The molecule has 2 heterocycles. The second kappa shape index (κ2) is 20.3. The van der Waals surface area contributed by atoms with Crippen molar-refractivity contribution in [2.45, 2.75) is 122 Å². The number of piperidine rings is 1. The van der Waals surface area contributed by atoms with Crippen LogP contribution in [0, 0.1) is 18.8 Å². The molecule has 1 saturated heterocycles. The lowest BCUT2D eigenvalue weighted by molar-refractivity contribution is -0.130. The Hall–Kier alpha value is -5.88. The van der Waals surface area contributed by atoms with Gasteiger partial charge in [0.2, 0.25) is 27.7 Å². The van der Waals surface area contributed by atoms with Crippen LogP contribution in [0.2, 0.25) is 0 Å². The predicted octanol–water partition coefficient (Wildman–Crippen LogP) is 6.52. The Bertz CT molecular complexity index is 2350. The average molecular weight is 900 g/mol. The molecule has 4 aromatic rings. The summed E-state index contributed by atoms with van der Waals surface area (Å²) in [6.07, 6.45) is 3.04. The molecule has 18 heteroatoms. The quantitative estimate of drug-likeness (QED) is 0.0971. The van der Waals surface area contributed by atoms with Gasteiger partial charge in [0, 0.05) is 49.3 Å². The van der Waals surface area contributed by atoms with E-state index in [9.17, 15) is 27.6 Å². The van der Waals surface area contributed by atoms with Crippen molar-refractivity contribution in [1.82, 2.24) is 40.9 Å². The molecule has 1 aliphatic heterocycles. The number of carbonyl (C=O) groups excluding carboxylic acids is 4. The third-order valence-electron chi connectivity index (χ3n) is 11.2. The Morgan fingerprint density at radius 3 is 2.06 bits per heavy atom. The number of aromatic nitrogens is 4. The summed E-state index contributed by atoms with van der Waals surface area (Å²) >= 11 is 0. The Morgan fingerprint density at radius 2 is 1.47 bits per heavy atom. The summed E-state index contributed by atoms with van der Waals surface area (Å²) in [4.78, 5) is 54.1. The molecule has 2 fully saturated rings. The van der Waals surface area contributed by atoms with E-state index >= 15 is 0 Å². The summed E-state index contributed by atoms with van der Waals surface area (Å²) in [7, 11) is -3.83. The molecule has 5 N–H and O–H groups in total. The maximum absolute atomic E-state index is 13.9. The first-order valence-corrected chi connectivity index (χ1v) is 23.3. The Morgan fingerprint density at radius 1 is 0.828 bits per heavy atom. The van der Waals surface area contributed by atoms with Crippen LogP contribution in [0.15, 0.2) is 71.6 Å². The molecule has 0 spiro atoms. The van der Waals surface area contributed by atoms with Gasteiger partial charge < -0.3 is 30.3 Å². The van der Waals surface area contributed by atoms with E-state index in [-0.39, 0.29) is 41.0 Å². The molecule has 17 nitrogen and oxygen atoms in total. The van der Waals surface area contributed by atoms with E-state index in [4.69, 9.17) is 9.47 Å². The van der Waals surface area contributed by atoms with Crippen molar-refractivity contribution in [3.8, 4) is 22.5 Å². The van der Waals surface area contributed by atoms with Gasteiger partial charge in [0.1, 0.15) is 17.2 Å². The molecule has 0 radical (unpaired) electrons. The molecule has 1 aromatic heterocycles. The minimum absolute atomic E-state index is 0.153. The smallest absolute Gasteiger partial charge is 0.410 e. The molecule has 0 bridgehead atoms. The summed E-state index contributed by atoms with van der Waals surface area (Å²) < 4.78 is 40.6. The Kier molecular flexibility index (Phi) is 15.1. The van der Waals surface area contributed by atoms with Crippen molar-refractivity contribution >= 4 is 39.7 Å². The number of hydrogen-bond donors (Lipinski definition) is 5. The maximum atomic E-state index is 13.9. The minimum Gasteiger partial charge on any atom is -0.444 e. The van der Waals surface area contributed by atoms with Crippen LogP contribution in [-0.2, 0) is 35.5 Å². The Labute approximate surface area is 375 Å². The number of ether oxygens (including phenoxy) is 2. The molecule has 1 saturated carbocycles. The number of nitrogens with zero attached hydrogens (tertiary/aromatic N) is 4. The third kappa shape index (κ3) is 13.6. The summed E-state index contributed by atoms with van der Waals surface area (Å²) in [5.41, 5.74) is 3.33. The fourth-order valence-electron chi connectivity index (χ4n) is 7.86. The van der Waals surface area contributed by atoms with E-state index in [1.54, 1.807) is 47.4 Å². The largest absolute Gasteiger partial charge is 0.444 e. The van der Waals surface area contributed by atoms with Crippen LogP contribution in [0.5, 0.6) is 0 Å². The molecule has 4 amide bonds. The highest BCUT2D eigenvalue weighted by atomic mass is 32.2. The van der Waals surface area contributed by atoms with Crippen molar-refractivity contribution in [2.75, 3.05) is 25.0 Å². The van der Waals surface area contributed by atoms with Gasteiger partial charge in [-0.1, -0.05) is 30.3 Å². The number of aromatic amines is 1. The number of tetrazole rings is 1. The number of likely N-dealkylation sites (tertiary alicyclic amines) is 1. The van der Waals surface area contributed by atoms with E-state index in [1.807, 2.05) is 72.7 Å². The number of anilines is 1. The lowest BCUT2D eigenvalue weighted by atomic mass is 9.81. The van der Waals surface area contributed by atoms with Crippen LogP contribution in [-0.4, -0.2) is 101 Å². The van der Waals surface area contributed by atoms with Crippen molar-refractivity contribution in [1.29, 1.82) is 0 Å². The fourth-order valence-corrected chi connectivity index (χ4v) is 9.25. The second-order valence-corrected chi connectivity index (χ2v) is 20.4. The third-order valence-corrected chi connectivity index (χ3v) is 12.7. The van der Waals surface area contributed by atoms with Crippen molar-refractivity contribution < 1.29 is 37.1 Å². The van der Waals surface area contributed by atoms with Crippen LogP contribution >= 0.6 is 0 Å². The standard InChI is InChI=1S/C46H61N9O8S/c1-29-26-37(64(60,61)52-36-22-24-55(25-23-36)44(59)63-46(5,6)7)20-21-38(29)32-12-8-30(9-13-32)27-39(42(57)48-35-18-16-33(17-19-35)40-50-53-54-51-40)49-41(56)34-14-10-31(11-15-34)28-47-43(58)62-45(2,3)4/h8-9,12-13,16-21,26,31,34,36,39,52H,10-11,14-15,22-25,27-28H2,1-7H3,(H,47,58)(H,48,57)(H,49,56)(H,50,51,53,54)/t31?,34?,39-/m0/s1. The molecule has 1 aliphatic carbocycles. The highest BCUT2D eigenvalue weighted by Crippen LogP contribution is 2.30. The number of benzene rings is 3. The van der Waals surface area contributed by atoms with Crippen LogP contribution < -0.4 is 20.7 Å². The number of carbonyl (C=O) groups is 4. The van der Waals surface area contributed by atoms with E-state index in [1.165, 1.54) is 0 Å². The fraction of sp³-hybridized carbons (Fsp3) is 0.500. The van der Waals surface area contributed by atoms with Gasteiger partial charge in [-0.25, -0.2) is 22.7 Å². The zero-order valence-corrected chi connectivity index (χ0v) is 38.5. The van der Waals surface area contributed by atoms with Crippen LogP contribution in [0.3, 0.4) is 0 Å². The van der Waals surface area contributed by atoms with Gasteiger partial charge in [0.25, 0.3) is 0 Å². The summed E-state index contributed by atoms with van der Waals surface area (Å²) in [6, 6.07) is 18.4. The zero-order chi connectivity index (χ0) is 46.2. The normalized spacial score (nSPS) is 17.8. The van der Waals surface area contributed by atoms with E-state index in [0.29, 0.717) is 62.4 Å². The van der Waals surface area contributed by atoms with Gasteiger partial charge >= 0.3 is 12.2 Å². The van der Waals surface area contributed by atoms with E-state index in [0.717, 1.165) is 35.1 Å². The summed E-state index contributed by atoms with van der Waals surface area (Å²) in [5.74, 6) is -0.233. The van der Waals surface area contributed by atoms with Gasteiger partial charge in [0.15, 0.2) is 0 Å². The maximum Gasteiger partial charge on any atom is 0.410 e. The monoisotopic (exact) mass is 899 g/mol. The summed E-state index contributed by atoms with van der Waals surface area (Å²) in [6.45, 7) is 14.0. The minimum atomic E-state index is -3.83. The SMILES string of the molecule is Cc1cc(S(=O)(=O)NC2CCN(C(=O)OC(C)(C)C)CC2)ccc1-c1ccc(C[C@H](NC(=O)C2CCC(CNC(=O)OC(C)(C)C)CC2)C(=O)Nc2ccc(-c3nn[nH]n3)cc2)cc1. The number of alkyl carbamates (subject to hydrolysis) is 1. The molecular formula is C46H61N9O8S. The first-order valence-electron chi connectivity index (χ1n) is 21.8. The van der Waals surface area contributed by atoms with Crippen LogP contribution in [0.25, 0.3) is 22.5 Å². The molecule has 3 aromatic carbocycles. The van der Waals surface area contributed by atoms with E-state index in [2.05, 4.69) is 41.3 Å². The van der Waals surface area contributed by atoms with Crippen molar-refractivity contribution in [3.05, 3.63) is 77.9 Å². The highest BCUT2D eigenvalue weighted by Gasteiger charge is 2.32. The number of H-pyrrole nitrogens is 1. The number of amides is 4. The summed E-state index contributed by atoms with van der Waals surface area (Å²) in [5, 5.41) is 22.8. The number of rotatable bonds is 13. The molecular weight excluding hydrogens is 839 g/mol. The highest BCUT2D eigenvalue weighted by molar-refractivity contribution is 7.89. The van der Waals surface area contributed by atoms with Gasteiger partial charge in [-0.05, 0) is 157 Å². The van der Waals surface area contributed by atoms with Crippen molar-refractivity contribution in [2.24, 2.45) is 11.8 Å². The van der Waals surface area contributed by atoms with Gasteiger partial charge in [-0.2, -0.15) is 5.21 Å². The molecule has 64 heavy (non-hydrogen) atoms. The average Bonchev–Trinajstić information content (AvgIpc) is 3.78. The van der Waals surface area contributed by atoms with Crippen LogP contribution in [0.4, 0.5) is 15.3 Å². The Balaban J connectivity index is 1.09. The molecule has 0 unspecified atom stereocenters. The number of sulfonamides is 1. The number of hydrogen-bond acceptors (Lipinski definition) is 11. The van der Waals surface area contributed by atoms with Gasteiger partial charge in [-0.15, -0.1) is 10.2 Å². The molecule has 2 aliphatic rings. The van der Waals surface area contributed by atoms with Crippen LogP contribution in [0.1, 0.15) is 91.2 Å². The number of aryl methyl sites for hydroxylation is 1. The van der Waals surface area contributed by atoms with E-state index < -0.39 is 39.5 Å². The number of nitrogens with one attached hydrogen (secondary N) is 5. The molecule has 6 rings (SSSR count). The first-order chi connectivity index (χ1) is 30.2. The predicted molar refractivity (Wildman–Crippen MR) is 241 cm³/mol. The second-order valence-electron chi connectivity index (χ2n) is 18.7. The van der Waals surface area contributed by atoms with Crippen molar-refractivity contribution in [3.63, 3.8) is 0 Å². The topological polar surface area (TPSA) is 227 Å².